The first kappa shape index (κ1) is 19.7. The lowest BCUT2D eigenvalue weighted by Gasteiger charge is -2.62. The highest BCUT2D eigenvalue weighted by atomic mass is 16.5. The SMILES string of the molecule is COc1ccc(CNc2nc(C(=O)c3ccc(N)cn3)nc3c2ccn3C23CC(C2)C3)cc1. The number of benzene rings is 1. The zero-order chi connectivity index (χ0) is 22.6. The summed E-state index contributed by atoms with van der Waals surface area (Å²) in [6.07, 6.45) is 7.09. The van der Waals surface area contributed by atoms with Crippen LogP contribution in [0.5, 0.6) is 5.75 Å². The Balaban J connectivity index is 1.39. The minimum absolute atomic E-state index is 0.128. The third kappa shape index (κ3) is 3.21. The summed E-state index contributed by atoms with van der Waals surface area (Å²) in [5.41, 5.74) is 8.52. The van der Waals surface area contributed by atoms with Gasteiger partial charge in [-0.15, -0.1) is 0 Å². The van der Waals surface area contributed by atoms with E-state index in [4.69, 9.17) is 15.5 Å². The molecule has 3 aromatic heterocycles. The number of anilines is 2. The van der Waals surface area contributed by atoms with Gasteiger partial charge in [-0.05, 0) is 61.1 Å². The van der Waals surface area contributed by atoms with Gasteiger partial charge in [0.25, 0.3) is 0 Å². The lowest BCUT2D eigenvalue weighted by atomic mass is 9.49. The Morgan fingerprint density at radius 1 is 1.15 bits per heavy atom. The first-order chi connectivity index (χ1) is 16.0. The second-order valence-corrected chi connectivity index (χ2v) is 9.03. The monoisotopic (exact) mass is 440 g/mol. The Morgan fingerprint density at radius 3 is 2.58 bits per heavy atom. The molecule has 1 aromatic carbocycles. The molecule has 3 saturated carbocycles. The molecule has 8 nitrogen and oxygen atoms in total. The summed E-state index contributed by atoms with van der Waals surface area (Å²) in [5.74, 6) is 2.08. The molecule has 0 amide bonds. The highest BCUT2D eigenvalue weighted by Crippen LogP contribution is 2.62. The predicted octanol–water partition coefficient (Wildman–Crippen LogP) is 3.77. The van der Waals surface area contributed by atoms with Gasteiger partial charge in [0.05, 0.1) is 24.4 Å². The molecule has 0 radical (unpaired) electrons. The van der Waals surface area contributed by atoms with E-state index in [-0.39, 0.29) is 22.8 Å². The number of nitrogens with one attached hydrogen (secondary N) is 1. The highest BCUT2D eigenvalue weighted by Gasteiger charge is 2.58. The first-order valence-electron chi connectivity index (χ1n) is 11.1. The molecule has 3 fully saturated rings. The fraction of sp³-hybridized carbons (Fsp3) is 0.280. The number of nitrogen functional groups attached to an aromatic ring is 1. The maximum absolute atomic E-state index is 13.2. The number of ketones is 1. The normalized spacial score (nSPS) is 20.7. The summed E-state index contributed by atoms with van der Waals surface area (Å²) in [6.45, 7) is 0.558. The Morgan fingerprint density at radius 2 is 1.94 bits per heavy atom. The van der Waals surface area contributed by atoms with Crippen molar-refractivity contribution in [2.24, 2.45) is 5.92 Å². The number of nitrogens with two attached hydrogens (primary N) is 1. The standard InChI is InChI=1S/C25H24N6O2/c1-33-18-5-2-15(3-6-18)13-28-22-19-8-9-31(25-10-16(11-25)12-25)24(19)30-23(29-22)21(32)20-7-4-17(26)14-27-20/h2-9,14,16H,10-13,26H2,1H3,(H,28,29,30). The number of methoxy groups -OCH3 is 1. The molecule has 0 unspecified atom stereocenters. The van der Waals surface area contributed by atoms with Crippen LogP contribution < -0.4 is 15.8 Å². The van der Waals surface area contributed by atoms with E-state index in [0.29, 0.717) is 18.1 Å². The second kappa shape index (κ2) is 7.30. The zero-order valence-electron chi connectivity index (χ0n) is 18.3. The largest absolute Gasteiger partial charge is 0.497 e. The average molecular weight is 441 g/mol. The molecule has 3 N–H and O–H groups in total. The first-order valence-corrected chi connectivity index (χ1v) is 11.1. The van der Waals surface area contributed by atoms with Gasteiger partial charge in [0, 0.05) is 18.3 Å². The van der Waals surface area contributed by atoms with Crippen molar-refractivity contribution in [3.63, 3.8) is 0 Å². The van der Waals surface area contributed by atoms with E-state index in [1.54, 1.807) is 19.2 Å². The van der Waals surface area contributed by atoms with Crippen LogP contribution in [0.4, 0.5) is 11.5 Å². The van der Waals surface area contributed by atoms with E-state index in [1.165, 1.54) is 25.5 Å². The van der Waals surface area contributed by atoms with Gasteiger partial charge >= 0.3 is 0 Å². The maximum Gasteiger partial charge on any atom is 0.248 e. The topological polar surface area (TPSA) is 108 Å². The quantitative estimate of drug-likeness (QED) is 0.421. The van der Waals surface area contributed by atoms with Crippen molar-refractivity contribution in [1.29, 1.82) is 0 Å². The zero-order valence-corrected chi connectivity index (χ0v) is 18.3. The summed E-state index contributed by atoms with van der Waals surface area (Å²) < 4.78 is 7.49. The van der Waals surface area contributed by atoms with Crippen LogP contribution in [-0.2, 0) is 12.1 Å². The molecule has 7 rings (SSSR count). The number of hydrogen-bond acceptors (Lipinski definition) is 7. The second-order valence-electron chi connectivity index (χ2n) is 9.03. The third-order valence-electron chi connectivity index (χ3n) is 6.90. The van der Waals surface area contributed by atoms with E-state index >= 15 is 0 Å². The number of carbonyl (C=O) groups is 1. The molecule has 0 spiro atoms. The van der Waals surface area contributed by atoms with Crippen molar-refractivity contribution < 1.29 is 9.53 Å². The van der Waals surface area contributed by atoms with Crippen LogP contribution in [0.1, 0.15) is 41.1 Å². The van der Waals surface area contributed by atoms with Crippen LogP contribution in [0.15, 0.2) is 54.9 Å². The van der Waals surface area contributed by atoms with E-state index in [2.05, 4.69) is 26.0 Å². The number of fused-ring (bicyclic) bond motifs is 1. The molecule has 166 valence electrons. The minimum Gasteiger partial charge on any atom is -0.497 e. The van der Waals surface area contributed by atoms with Gasteiger partial charge in [0.2, 0.25) is 11.6 Å². The molecular weight excluding hydrogens is 416 g/mol. The predicted molar refractivity (Wildman–Crippen MR) is 125 cm³/mol. The van der Waals surface area contributed by atoms with Crippen molar-refractivity contribution in [2.45, 2.75) is 31.3 Å². The van der Waals surface area contributed by atoms with Crippen molar-refractivity contribution >= 4 is 28.3 Å². The Bertz CT molecular complexity index is 1340. The minimum atomic E-state index is -0.324. The van der Waals surface area contributed by atoms with Gasteiger partial charge < -0.3 is 20.4 Å². The molecular formula is C25H24N6O2. The summed E-state index contributed by atoms with van der Waals surface area (Å²) in [5, 5.41) is 4.33. The van der Waals surface area contributed by atoms with Crippen LogP contribution in [0, 0.1) is 5.92 Å². The number of pyridine rings is 1. The van der Waals surface area contributed by atoms with Crippen LogP contribution in [0.3, 0.4) is 0 Å². The average Bonchev–Trinajstić information content (AvgIpc) is 3.19. The number of hydrogen-bond donors (Lipinski definition) is 2. The summed E-state index contributed by atoms with van der Waals surface area (Å²) >= 11 is 0. The van der Waals surface area contributed by atoms with Gasteiger partial charge in [-0.3, -0.25) is 9.78 Å². The number of nitrogens with zero attached hydrogens (tertiary/aromatic N) is 4. The maximum atomic E-state index is 13.2. The van der Waals surface area contributed by atoms with E-state index in [0.717, 1.165) is 28.3 Å². The van der Waals surface area contributed by atoms with E-state index < -0.39 is 0 Å². The van der Waals surface area contributed by atoms with E-state index in [1.807, 2.05) is 30.3 Å². The molecule has 8 heteroatoms. The van der Waals surface area contributed by atoms with Gasteiger partial charge in [-0.1, -0.05) is 12.1 Å². The fourth-order valence-electron chi connectivity index (χ4n) is 4.94. The summed E-state index contributed by atoms with van der Waals surface area (Å²) in [4.78, 5) is 26.7. The van der Waals surface area contributed by atoms with Crippen molar-refractivity contribution in [3.8, 4) is 5.75 Å². The Kier molecular flexibility index (Phi) is 4.36. The molecule has 33 heavy (non-hydrogen) atoms. The van der Waals surface area contributed by atoms with Crippen molar-refractivity contribution in [3.05, 3.63) is 71.9 Å². The lowest BCUT2D eigenvalue weighted by Crippen LogP contribution is -2.59. The van der Waals surface area contributed by atoms with Crippen LogP contribution in [-0.4, -0.2) is 32.4 Å². The Hall–Kier alpha value is -3.94. The van der Waals surface area contributed by atoms with Crippen molar-refractivity contribution in [2.75, 3.05) is 18.2 Å². The Labute approximate surface area is 190 Å². The van der Waals surface area contributed by atoms with Gasteiger partial charge in [0.1, 0.15) is 22.9 Å². The molecule has 3 heterocycles. The van der Waals surface area contributed by atoms with Crippen LogP contribution in [0.2, 0.25) is 0 Å². The number of carbonyl (C=O) groups excluding carboxylic acids is 1. The summed E-state index contributed by atoms with van der Waals surface area (Å²) in [6, 6.07) is 13.2. The third-order valence-corrected chi connectivity index (χ3v) is 6.90. The molecule has 3 aliphatic rings. The van der Waals surface area contributed by atoms with Gasteiger partial charge in [0.15, 0.2) is 0 Å². The number of rotatable bonds is 7. The molecule has 0 atom stereocenters. The smallest absolute Gasteiger partial charge is 0.248 e. The summed E-state index contributed by atoms with van der Waals surface area (Å²) in [7, 11) is 1.65. The lowest BCUT2D eigenvalue weighted by molar-refractivity contribution is -0.0859. The van der Waals surface area contributed by atoms with Gasteiger partial charge in [-0.25, -0.2) is 9.97 Å². The highest BCUT2D eigenvalue weighted by molar-refractivity contribution is 6.06. The molecule has 0 saturated heterocycles. The molecule has 4 aromatic rings. The molecule has 0 aliphatic heterocycles. The van der Waals surface area contributed by atoms with Crippen LogP contribution >= 0.6 is 0 Å². The fourth-order valence-corrected chi connectivity index (χ4v) is 4.94. The number of ether oxygens (including phenoxy) is 1. The van der Waals surface area contributed by atoms with Gasteiger partial charge in [-0.2, -0.15) is 0 Å². The molecule has 3 aliphatic carbocycles. The van der Waals surface area contributed by atoms with E-state index in [9.17, 15) is 4.79 Å². The molecule has 2 bridgehead atoms. The number of aromatic nitrogens is 4. The van der Waals surface area contributed by atoms with Crippen LogP contribution in [0.25, 0.3) is 11.0 Å². The van der Waals surface area contributed by atoms with Crippen molar-refractivity contribution in [1.82, 2.24) is 19.5 Å².